The van der Waals surface area contributed by atoms with E-state index >= 15 is 0 Å². The summed E-state index contributed by atoms with van der Waals surface area (Å²) in [7, 11) is 1.42. The van der Waals surface area contributed by atoms with Crippen LogP contribution in [0.3, 0.4) is 0 Å². The van der Waals surface area contributed by atoms with E-state index in [2.05, 4.69) is 27.7 Å². The smallest absolute Gasteiger partial charge is 0.312 e. The SMILES string of the molecule is COC(=O)[C@]12CC[C@H]3[C@@](C)(CC[C@@]4(C)[C@@H]5C[C@@H](C)C(=O)[C@@H](O)[C@]5(C)CC[C@]34C)[C@@H]1C[C@H](O)C(=O)[C@@H]2C. The van der Waals surface area contributed by atoms with Gasteiger partial charge in [0.25, 0.3) is 0 Å². The molecule has 0 aliphatic heterocycles. The normalized spacial score (nSPS) is 56.6. The van der Waals surface area contributed by atoms with Crippen molar-refractivity contribution in [2.75, 3.05) is 7.11 Å². The minimum atomic E-state index is -1.03. The second-order valence-electron chi connectivity index (χ2n) is 14.4. The fraction of sp³-hybridized carbons (Fsp3) is 0.900. The Labute approximate surface area is 215 Å². The van der Waals surface area contributed by atoms with Crippen LogP contribution in [0.4, 0.5) is 0 Å². The van der Waals surface area contributed by atoms with Crippen LogP contribution >= 0.6 is 0 Å². The summed E-state index contributed by atoms with van der Waals surface area (Å²) in [6.45, 7) is 13.1. The lowest BCUT2D eigenvalue weighted by molar-refractivity contribution is -0.266. The lowest BCUT2D eigenvalue weighted by Crippen LogP contribution is -2.71. The summed E-state index contributed by atoms with van der Waals surface area (Å²) in [5.74, 6) is -0.763. The van der Waals surface area contributed by atoms with Crippen molar-refractivity contribution in [3.63, 3.8) is 0 Å². The van der Waals surface area contributed by atoms with Gasteiger partial charge in [-0.3, -0.25) is 14.4 Å². The maximum absolute atomic E-state index is 13.4. The molecule has 5 aliphatic rings. The van der Waals surface area contributed by atoms with E-state index in [1.54, 1.807) is 0 Å². The Kier molecular flexibility index (Phi) is 5.76. The Morgan fingerprint density at radius 3 is 2.00 bits per heavy atom. The molecule has 202 valence electrons. The first-order valence-electron chi connectivity index (χ1n) is 14.2. The van der Waals surface area contributed by atoms with Crippen LogP contribution in [0.5, 0.6) is 0 Å². The molecule has 5 aliphatic carbocycles. The van der Waals surface area contributed by atoms with Gasteiger partial charge in [-0.15, -0.1) is 0 Å². The zero-order valence-electron chi connectivity index (χ0n) is 23.2. The van der Waals surface area contributed by atoms with Gasteiger partial charge < -0.3 is 14.9 Å². The van der Waals surface area contributed by atoms with Gasteiger partial charge in [0, 0.05) is 17.3 Å². The van der Waals surface area contributed by atoms with Crippen LogP contribution in [0.25, 0.3) is 0 Å². The predicted molar refractivity (Wildman–Crippen MR) is 135 cm³/mol. The van der Waals surface area contributed by atoms with Crippen LogP contribution in [0, 0.1) is 56.7 Å². The standard InChI is InChI=1S/C30H46O6/c1-16-14-20-27(4,24(34)22(16)32)11-13-28(5)19-8-9-30(25(35)36-7)17(2)23(33)18(31)15-21(30)26(19,3)10-12-29(20,28)6/h16-21,24,31,34H,8-15H2,1-7H3/t16-,17+,18+,19+,20-,21+,24-,26-,27-,28-,29+,30+/m1/s1. The maximum atomic E-state index is 13.4. The molecule has 36 heavy (non-hydrogen) atoms. The van der Waals surface area contributed by atoms with Gasteiger partial charge in [-0.25, -0.2) is 0 Å². The van der Waals surface area contributed by atoms with E-state index in [-0.39, 0.29) is 51.5 Å². The van der Waals surface area contributed by atoms with E-state index in [9.17, 15) is 24.6 Å². The highest BCUT2D eigenvalue weighted by Gasteiger charge is 2.74. The van der Waals surface area contributed by atoms with Crippen molar-refractivity contribution in [3.8, 4) is 0 Å². The van der Waals surface area contributed by atoms with Crippen LogP contribution in [0.1, 0.15) is 92.9 Å². The molecule has 0 unspecified atom stereocenters. The number of Topliss-reactive ketones (excluding diaryl/α,β-unsaturated/α-hetero) is 2. The third kappa shape index (κ3) is 2.84. The van der Waals surface area contributed by atoms with Gasteiger partial charge in [0.05, 0.1) is 12.5 Å². The average Bonchev–Trinajstić information content (AvgIpc) is 2.84. The molecule has 0 aromatic rings. The van der Waals surface area contributed by atoms with Crippen molar-refractivity contribution in [3.05, 3.63) is 0 Å². The van der Waals surface area contributed by atoms with Gasteiger partial charge in [0.15, 0.2) is 11.6 Å². The van der Waals surface area contributed by atoms with Crippen molar-refractivity contribution in [2.24, 2.45) is 56.7 Å². The van der Waals surface area contributed by atoms with Crippen LogP contribution in [0.2, 0.25) is 0 Å². The summed E-state index contributed by atoms with van der Waals surface area (Å²) in [6, 6.07) is 0. The highest BCUT2D eigenvalue weighted by molar-refractivity contribution is 5.93. The van der Waals surface area contributed by atoms with Gasteiger partial charge in [-0.1, -0.05) is 41.5 Å². The van der Waals surface area contributed by atoms with Crippen LogP contribution < -0.4 is 0 Å². The van der Waals surface area contributed by atoms with Gasteiger partial charge in [0.2, 0.25) is 0 Å². The molecular formula is C30H46O6. The third-order valence-corrected chi connectivity index (χ3v) is 13.6. The lowest BCUT2D eigenvalue weighted by Gasteiger charge is -2.74. The van der Waals surface area contributed by atoms with Crippen molar-refractivity contribution in [2.45, 2.75) is 105 Å². The number of esters is 1. The van der Waals surface area contributed by atoms with E-state index in [0.29, 0.717) is 18.8 Å². The zero-order valence-corrected chi connectivity index (χ0v) is 23.2. The number of hydrogen-bond donors (Lipinski definition) is 2. The number of ether oxygens (including phenoxy) is 1. The number of carbonyl (C=O) groups excluding carboxylic acids is 3. The largest absolute Gasteiger partial charge is 0.469 e. The topological polar surface area (TPSA) is 101 Å². The van der Waals surface area contributed by atoms with Gasteiger partial charge in [-0.05, 0) is 85.4 Å². The summed E-state index contributed by atoms with van der Waals surface area (Å²) < 4.78 is 5.37. The number of methoxy groups -OCH3 is 1. The third-order valence-electron chi connectivity index (χ3n) is 13.6. The fourth-order valence-corrected chi connectivity index (χ4v) is 11.2. The number of rotatable bonds is 1. The van der Waals surface area contributed by atoms with Crippen molar-refractivity contribution < 1.29 is 29.3 Å². The Morgan fingerprint density at radius 1 is 0.806 bits per heavy atom. The minimum absolute atomic E-state index is 0.00280. The van der Waals surface area contributed by atoms with E-state index in [1.165, 1.54) is 7.11 Å². The molecule has 6 nitrogen and oxygen atoms in total. The molecule has 0 amide bonds. The molecule has 2 N–H and O–H groups in total. The molecular weight excluding hydrogens is 456 g/mol. The molecule has 0 saturated heterocycles. The Hall–Kier alpha value is -1.27. The average molecular weight is 503 g/mol. The first-order valence-corrected chi connectivity index (χ1v) is 14.2. The summed E-state index contributed by atoms with van der Waals surface area (Å²) in [5.41, 5.74) is -1.56. The summed E-state index contributed by atoms with van der Waals surface area (Å²) in [5, 5.41) is 22.0. The zero-order chi connectivity index (χ0) is 26.6. The van der Waals surface area contributed by atoms with Crippen molar-refractivity contribution in [1.82, 2.24) is 0 Å². The minimum Gasteiger partial charge on any atom is -0.469 e. The summed E-state index contributed by atoms with van der Waals surface area (Å²) in [6.07, 6.45) is 4.28. The van der Waals surface area contributed by atoms with Crippen LogP contribution in [0.15, 0.2) is 0 Å². The number of hydrogen-bond acceptors (Lipinski definition) is 6. The molecule has 0 radical (unpaired) electrons. The molecule has 0 aromatic heterocycles. The molecule has 0 aromatic carbocycles. The first-order chi connectivity index (χ1) is 16.6. The molecule has 0 bridgehead atoms. The van der Waals surface area contributed by atoms with Gasteiger partial charge >= 0.3 is 5.97 Å². The number of carbonyl (C=O) groups is 3. The Balaban J connectivity index is 1.59. The second-order valence-corrected chi connectivity index (χ2v) is 14.4. The van der Waals surface area contributed by atoms with E-state index in [1.807, 2.05) is 13.8 Å². The fourth-order valence-electron chi connectivity index (χ4n) is 11.2. The predicted octanol–water partition coefficient (Wildman–Crippen LogP) is 4.34. The molecule has 5 fully saturated rings. The van der Waals surface area contributed by atoms with Crippen LogP contribution in [-0.4, -0.2) is 47.1 Å². The van der Waals surface area contributed by atoms with E-state index in [0.717, 1.165) is 38.5 Å². The lowest BCUT2D eigenvalue weighted by atomic mass is 9.30. The summed E-state index contributed by atoms with van der Waals surface area (Å²) >= 11 is 0. The molecule has 12 atom stereocenters. The quantitative estimate of drug-likeness (QED) is 0.517. The number of aliphatic hydroxyl groups excluding tert-OH is 2. The number of fused-ring (bicyclic) bond motifs is 7. The molecule has 5 saturated carbocycles. The number of aliphatic hydroxyl groups is 2. The highest BCUT2D eigenvalue weighted by Crippen LogP contribution is 2.77. The monoisotopic (exact) mass is 502 g/mol. The first kappa shape index (κ1) is 26.3. The van der Waals surface area contributed by atoms with Crippen molar-refractivity contribution >= 4 is 17.5 Å². The molecule has 0 heterocycles. The van der Waals surface area contributed by atoms with Gasteiger partial charge in [-0.2, -0.15) is 0 Å². The highest BCUT2D eigenvalue weighted by atomic mass is 16.5. The number of ketones is 2. The Bertz CT molecular complexity index is 992. The van der Waals surface area contributed by atoms with Crippen LogP contribution in [-0.2, 0) is 19.1 Å². The maximum Gasteiger partial charge on any atom is 0.312 e. The molecule has 5 rings (SSSR count). The molecule has 0 spiro atoms. The second kappa shape index (κ2) is 7.88. The van der Waals surface area contributed by atoms with E-state index < -0.39 is 29.0 Å². The summed E-state index contributed by atoms with van der Waals surface area (Å²) in [4.78, 5) is 39.3. The van der Waals surface area contributed by atoms with Crippen molar-refractivity contribution in [1.29, 1.82) is 0 Å². The Morgan fingerprint density at radius 2 is 1.39 bits per heavy atom. The van der Waals surface area contributed by atoms with Gasteiger partial charge in [0.1, 0.15) is 12.2 Å². The van der Waals surface area contributed by atoms with E-state index in [4.69, 9.17) is 4.74 Å². The molecule has 6 heteroatoms.